The lowest BCUT2D eigenvalue weighted by atomic mass is 10.2. The summed E-state index contributed by atoms with van der Waals surface area (Å²) in [4.78, 5) is 16.0. The summed E-state index contributed by atoms with van der Waals surface area (Å²) in [6.07, 6.45) is 3.47. The third-order valence-electron chi connectivity index (χ3n) is 3.21. The Morgan fingerprint density at radius 2 is 1.75 bits per heavy atom. The minimum Gasteiger partial charge on any atom is -0.364 e. The number of hydrogen-bond donors (Lipinski definition) is 2. The second-order valence-electron chi connectivity index (χ2n) is 4.98. The fourth-order valence-corrected chi connectivity index (χ4v) is 1.98. The molecule has 1 aromatic carbocycles. The number of rotatable bonds is 5. The van der Waals surface area contributed by atoms with Crippen molar-refractivity contribution in [3.8, 4) is 0 Å². The Morgan fingerprint density at radius 3 is 2.42 bits per heavy atom. The van der Waals surface area contributed by atoms with Gasteiger partial charge in [0.15, 0.2) is 5.82 Å². The lowest BCUT2D eigenvalue weighted by Crippen LogP contribution is -2.13. The predicted octanol–water partition coefficient (Wildman–Crippen LogP) is 2.88. The zero-order chi connectivity index (χ0) is 16.8. The van der Waals surface area contributed by atoms with Crippen LogP contribution >= 0.6 is 0 Å². The first kappa shape index (κ1) is 15.5. The van der Waals surface area contributed by atoms with Crippen LogP contribution in [0.1, 0.15) is 15.9 Å². The van der Waals surface area contributed by atoms with Crippen LogP contribution in [-0.4, -0.2) is 21.1 Å². The zero-order valence-corrected chi connectivity index (χ0v) is 12.6. The van der Waals surface area contributed by atoms with Crippen LogP contribution in [0.15, 0.2) is 60.9 Å². The molecular formula is C17H14FN5O. The molecule has 7 heteroatoms. The average molecular weight is 323 g/mol. The SMILES string of the molecule is O=C(Nc1ccc(NCc2cccnc2)nn1)c1ccc(F)cc1. The van der Waals surface area contributed by atoms with Gasteiger partial charge in [-0.15, -0.1) is 10.2 Å². The molecule has 0 saturated carbocycles. The van der Waals surface area contributed by atoms with Gasteiger partial charge < -0.3 is 10.6 Å². The van der Waals surface area contributed by atoms with Gasteiger partial charge in [-0.25, -0.2) is 4.39 Å². The standard InChI is InChI=1S/C17H14FN5O/c18-14-5-3-13(4-6-14)17(24)21-16-8-7-15(22-23-16)20-11-12-2-1-9-19-10-12/h1-10H,11H2,(H,20,22)(H,21,23,24). The number of pyridine rings is 1. The smallest absolute Gasteiger partial charge is 0.256 e. The molecule has 6 nitrogen and oxygen atoms in total. The van der Waals surface area contributed by atoms with Crippen LogP contribution in [0.3, 0.4) is 0 Å². The molecule has 0 aliphatic rings. The molecular weight excluding hydrogens is 309 g/mol. The molecule has 0 saturated heterocycles. The fourth-order valence-electron chi connectivity index (χ4n) is 1.98. The number of nitrogens with zero attached hydrogens (tertiary/aromatic N) is 3. The van der Waals surface area contributed by atoms with Gasteiger partial charge in [0.25, 0.3) is 5.91 Å². The topological polar surface area (TPSA) is 79.8 Å². The largest absolute Gasteiger partial charge is 0.364 e. The number of halogens is 1. The van der Waals surface area contributed by atoms with Crippen molar-refractivity contribution in [2.24, 2.45) is 0 Å². The van der Waals surface area contributed by atoms with Crippen LogP contribution in [0.25, 0.3) is 0 Å². The van der Waals surface area contributed by atoms with Gasteiger partial charge in [-0.3, -0.25) is 9.78 Å². The van der Waals surface area contributed by atoms with Gasteiger partial charge in [0.2, 0.25) is 0 Å². The summed E-state index contributed by atoms with van der Waals surface area (Å²) in [5.74, 6) is 0.130. The van der Waals surface area contributed by atoms with Crippen molar-refractivity contribution in [1.82, 2.24) is 15.2 Å². The van der Waals surface area contributed by atoms with Gasteiger partial charge >= 0.3 is 0 Å². The number of amides is 1. The van der Waals surface area contributed by atoms with E-state index in [4.69, 9.17) is 0 Å². The van der Waals surface area contributed by atoms with Crippen LogP contribution in [0.2, 0.25) is 0 Å². The molecule has 0 spiro atoms. The molecule has 1 amide bonds. The summed E-state index contributed by atoms with van der Waals surface area (Å²) in [7, 11) is 0. The molecule has 2 aromatic heterocycles. The summed E-state index contributed by atoms with van der Waals surface area (Å²) < 4.78 is 12.9. The lowest BCUT2D eigenvalue weighted by molar-refractivity contribution is 0.102. The predicted molar refractivity (Wildman–Crippen MR) is 87.9 cm³/mol. The van der Waals surface area contributed by atoms with E-state index in [9.17, 15) is 9.18 Å². The summed E-state index contributed by atoms with van der Waals surface area (Å²) in [5, 5.41) is 13.7. The fraction of sp³-hybridized carbons (Fsp3) is 0.0588. The molecule has 3 rings (SSSR count). The minimum absolute atomic E-state index is 0.316. The third kappa shape index (κ3) is 4.10. The molecule has 120 valence electrons. The van der Waals surface area contributed by atoms with Crippen LogP contribution in [0.4, 0.5) is 16.0 Å². The Bertz CT molecular complexity index is 807. The summed E-state index contributed by atoms with van der Waals surface area (Å²) in [6, 6.07) is 12.4. The number of aromatic nitrogens is 3. The minimum atomic E-state index is -0.393. The third-order valence-corrected chi connectivity index (χ3v) is 3.21. The number of anilines is 2. The summed E-state index contributed by atoms with van der Waals surface area (Å²) in [5.41, 5.74) is 1.37. The normalized spacial score (nSPS) is 10.2. The Labute approximate surface area is 137 Å². The molecule has 2 heterocycles. The van der Waals surface area contributed by atoms with Crippen molar-refractivity contribution in [1.29, 1.82) is 0 Å². The van der Waals surface area contributed by atoms with Crippen LogP contribution in [-0.2, 0) is 6.54 Å². The molecule has 2 N–H and O–H groups in total. The molecule has 0 fully saturated rings. The molecule has 0 aliphatic carbocycles. The molecule has 0 atom stereocenters. The number of benzene rings is 1. The maximum absolute atomic E-state index is 12.9. The average Bonchev–Trinajstić information content (AvgIpc) is 2.62. The van der Waals surface area contributed by atoms with Crippen molar-refractivity contribution >= 4 is 17.5 Å². The van der Waals surface area contributed by atoms with E-state index in [1.165, 1.54) is 24.3 Å². The maximum atomic E-state index is 12.9. The van der Waals surface area contributed by atoms with Gasteiger partial charge in [0.05, 0.1) is 0 Å². The molecule has 0 radical (unpaired) electrons. The number of carbonyl (C=O) groups excluding carboxylic acids is 1. The molecule has 24 heavy (non-hydrogen) atoms. The van der Waals surface area contributed by atoms with Crippen molar-refractivity contribution in [2.45, 2.75) is 6.54 Å². The van der Waals surface area contributed by atoms with Crippen molar-refractivity contribution < 1.29 is 9.18 Å². The number of hydrogen-bond acceptors (Lipinski definition) is 5. The van der Waals surface area contributed by atoms with Crippen LogP contribution < -0.4 is 10.6 Å². The van der Waals surface area contributed by atoms with Gasteiger partial charge in [0.1, 0.15) is 11.6 Å². The van der Waals surface area contributed by atoms with Gasteiger partial charge in [0, 0.05) is 24.5 Å². The molecule has 0 unspecified atom stereocenters. The highest BCUT2D eigenvalue weighted by molar-refractivity contribution is 6.03. The van der Waals surface area contributed by atoms with Gasteiger partial charge in [-0.05, 0) is 48.0 Å². The van der Waals surface area contributed by atoms with E-state index in [1.807, 2.05) is 12.1 Å². The monoisotopic (exact) mass is 323 g/mol. The van der Waals surface area contributed by atoms with Gasteiger partial charge in [-0.2, -0.15) is 0 Å². The molecule has 0 bridgehead atoms. The highest BCUT2D eigenvalue weighted by Crippen LogP contribution is 2.10. The quantitative estimate of drug-likeness (QED) is 0.755. The number of carbonyl (C=O) groups is 1. The van der Waals surface area contributed by atoms with Crippen LogP contribution in [0, 0.1) is 5.82 Å². The Balaban J connectivity index is 1.58. The Hall–Kier alpha value is -3.35. The van der Waals surface area contributed by atoms with E-state index in [0.29, 0.717) is 23.7 Å². The zero-order valence-electron chi connectivity index (χ0n) is 12.6. The van der Waals surface area contributed by atoms with E-state index in [0.717, 1.165) is 5.56 Å². The first-order valence-corrected chi connectivity index (χ1v) is 7.24. The maximum Gasteiger partial charge on any atom is 0.256 e. The van der Waals surface area contributed by atoms with E-state index < -0.39 is 5.82 Å². The first-order chi connectivity index (χ1) is 11.7. The second kappa shape index (κ2) is 7.28. The summed E-state index contributed by atoms with van der Waals surface area (Å²) >= 11 is 0. The highest BCUT2D eigenvalue weighted by Gasteiger charge is 2.07. The van der Waals surface area contributed by atoms with Gasteiger partial charge in [-0.1, -0.05) is 6.07 Å². The van der Waals surface area contributed by atoms with E-state index in [2.05, 4.69) is 25.8 Å². The molecule has 0 aliphatic heterocycles. The first-order valence-electron chi connectivity index (χ1n) is 7.24. The Morgan fingerprint density at radius 1 is 1.00 bits per heavy atom. The highest BCUT2D eigenvalue weighted by atomic mass is 19.1. The van der Waals surface area contributed by atoms with Crippen LogP contribution in [0.5, 0.6) is 0 Å². The van der Waals surface area contributed by atoms with E-state index in [1.54, 1.807) is 24.5 Å². The van der Waals surface area contributed by atoms with Crippen molar-refractivity contribution in [2.75, 3.05) is 10.6 Å². The second-order valence-corrected chi connectivity index (χ2v) is 4.98. The Kier molecular flexibility index (Phi) is 4.71. The van der Waals surface area contributed by atoms with Crippen molar-refractivity contribution in [3.63, 3.8) is 0 Å². The molecule has 3 aromatic rings. The summed E-state index contributed by atoms with van der Waals surface area (Å²) in [6.45, 7) is 0.573. The van der Waals surface area contributed by atoms with E-state index in [-0.39, 0.29) is 5.91 Å². The van der Waals surface area contributed by atoms with E-state index >= 15 is 0 Å². The lowest BCUT2D eigenvalue weighted by Gasteiger charge is -2.06. The van der Waals surface area contributed by atoms with Crippen molar-refractivity contribution in [3.05, 3.63) is 77.9 Å². The number of nitrogens with one attached hydrogen (secondary N) is 2.